The third-order valence-electron chi connectivity index (χ3n) is 4.81. The van der Waals surface area contributed by atoms with Crippen molar-refractivity contribution in [3.8, 4) is 5.75 Å². The number of rotatable bonds is 7. The fourth-order valence-corrected chi connectivity index (χ4v) is 3.33. The number of hydrogen-bond donors (Lipinski definition) is 1. The van der Waals surface area contributed by atoms with Crippen LogP contribution in [0, 0.1) is 6.92 Å². The van der Waals surface area contributed by atoms with Crippen LogP contribution in [-0.2, 0) is 22.7 Å². The number of halogens is 1. The lowest BCUT2D eigenvalue weighted by atomic mass is 10.1. The molecule has 0 bridgehead atoms. The summed E-state index contributed by atoms with van der Waals surface area (Å²) >= 11 is 6.01. The molecule has 1 saturated heterocycles. The van der Waals surface area contributed by atoms with E-state index in [1.807, 2.05) is 42.2 Å². The van der Waals surface area contributed by atoms with Crippen LogP contribution in [0.5, 0.6) is 5.75 Å². The molecule has 0 radical (unpaired) electrons. The minimum absolute atomic E-state index is 0.187. The van der Waals surface area contributed by atoms with Crippen LogP contribution < -0.4 is 10.1 Å². The van der Waals surface area contributed by atoms with Gasteiger partial charge in [-0.05, 0) is 55.2 Å². The van der Waals surface area contributed by atoms with E-state index >= 15 is 0 Å². The molecular formula is C22H25ClN2O3. The molecule has 1 aliphatic heterocycles. The molecule has 0 saturated carbocycles. The predicted molar refractivity (Wildman–Crippen MR) is 109 cm³/mol. The Labute approximate surface area is 170 Å². The third kappa shape index (κ3) is 5.26. The van der Waals surface area contributed by atoms with Crippen molar-refractivity contribution >= 4 is 23.4 Å². The van der Waals surface area contributed by atoms with Gasteiger partial charge in [-0.1, -0.05) is 35.9 Å². The number of aryl methyl sites for hydroxylation is 1. The van der Waals surface area contributed by atoms with Gasteiger partial charge in [-0.3, -0.25) is 9.59 Å². The molecule has 1 fully saturated rings. The van der Waals surface area contributed by atoms with Crippen LogP contribution in [0.25, 0.3) is 0 Å². The van der Waals surface area contributed by atoms with E-state index in [0.29, 0.717) is 30.3 Å². The predicted octanol–water partition coefficient (Wildman–Crippen LogP) is 3.85. The molecule has 0 aromatic heterocycles. The lowest BCUT2D eigenvalue weighted by Crippen LogP contribution is -2.35. The maximum Gasteiger partial charge on any atom is 0.261 e. The molecule has 2 aromatic carbocycles. The molecule has 1 unspecified atom stereocenters. The molecule has 28 heavy (non-hydrogen) atoms. The molecule has 3 rings (SSSR count). The van der Waals surface area contributed by atoms with Gasteiger partial charge in [-0.15, -0.1) is 0 Å². The number of carbonyl (C=O) groups excluding carboxylic acids is 2. The standard InChI is InChI=1S/C22H25ClN2O3/c1-15-11-19(8-9-20(15)23)28-16(2)22(27)24-13-17-5-3-6-18(12-17)14-25-10-4-7-21(25)26/h3,5-6,8-9,11-12,16H,4,7,10,13-14H2,1-2H3,(H,24,27). The van der Waals surface area contributed by atoms with E-state index in [2.05, 4.69) is 5.32 Å². The van der Waals surface area contributed by atoms with Crippen LogP contribution >= 0.6 is 11.6 Å². The highest BCUT2D eigenvalue weighted by molar-refractivity contribution is 6.31. The number of nitrogens with one attached hydrogen (secondary N) is 1. The van der Waals surface area contributed by atoms with E-state index in [4.69, 9.17) is 16.3 Å². The van der Waals surface area contributed by atoms with Gasteiger partial charge in [-0.2, -0.15) is 0 Å². The number of ether oxygens (including phenoxy) is 1. The number of likely N-dealkylation sites (tertiary alicyclic amines) is 1. The van der Waals surface area contributed by atoms with Crippen LogP contribution in [-0.4, -0.2) is 29.4 Å². The Hall–Kier alpha value is -2.53. The normalized spacial score (nSPS) is 14.8. The summed E-state index contributed by atoms with van der Waals surface area (Å²) in [6.07, 6.45) is 0.950. The van der Waals surface area contributed by atoms with Gasteiger partial charge < -0.3 is 15.0 Å². The van der Waals surface area contributed by atoms with E-state index in [1.165, 1.54) is 0 Å². The molecule has 1 aliphatic rings. The minimum Gasteiger partial charge on any atom is -0.481 e. The SMILES string of the molecule is Cc1cc(OC(C)C(=O)NCc2cccc(CN3CCCC3=O)c2)ccc1Cl. The Bertz CT molecular complexity index is 869. The average Bonchev–Trinajstić information content (AvgIpc) is 3.07. The summed E-state index contributed by atoms with van der Waals surface area (Å²) in [5, 5.41) is 3.57. The van der Waals surface area contributed by atoms with Crippen molar-refractivity contribution in [3.63, 3.8) is 0 Å². The Morgan fingerprint density at radius 3 is 2.75 bits per heavy atom. The van der Waals surface area contributed by atoms with Gasteiger partial charge in [0.25, 0.3) is 5.91 Å². The summed E-state index contributed by atoms with van der Waals surface area (Å²) in [5.41, 5.74) is 2.97. The molecular weight excluding hydrogens is 376 g/mol. The first-order chi connectivity index (χ1) is 13.4. The molecule has 0 spiro atoms. The molecule has 148 valence electrons. The molecule has 1 N–H and O–H groups in total. The topological polar surface area (TPSA) is 58.6 Å². The Balaban J connectivity index is 1.52. The van der Waals surface area contributed by atoms with Crippen LogP contribution in [0.4, 0.5) is 0 Å². The molecule has 0 aliphatic carbocycles. The number of amides is 2. The maximum atomic E-state index is 12.4. The molecule has 1 atom stereocenters. The molecule has 2 amide bonds. The lowest BCUT2D eigenvalue weighted by molar-refractivity contribution is -0.128. The number of nitrogens with zero attached hydrogens (tertiary/aromatic N) is 1. The second-order valence-corrected chi connectivity index (χ2v) is 7.53. The van der Waals surface area contributed by atoms with Crippen molar-refractivity contribution in [1.29, 1.82) is 0 Å². The molecule has 5 nitrogen and oxygen atoms in total. The lowest BCUT2D eigenvalue weighted by Gasteiger charge is -2.17. The average molecular weight is 401 g/mol. The summed E-state index contributed by atoms with van der Waals surface area (Å²) in [7, 11) is 0. The fourth-order valence-electron chi connectivity index (χ4n) is 3.21. The fraction of sp³-hybridized carbons (Fsp3) is 0.364. The summed E-state index contributed by atoms with van der Waals surface area (Å²) in [5.74, 6) is 0.636. The number of carbonyl (C=O) groups is 2. The van der Waals surface area contributed by atoms with Gasteiger partial charge in [0.05, 0.1) is 0 Å². The Morgan fingerprint density at radius 2 is 2.04 bits per heavy atom. The van der Waals surface area contributed by atoms with E-state index in [1.54, 1.807) is 19.1 Å². The zero-order chi connectivity index (χ0) is 20.1. The largest absolute Gasteiger partial charge is 0.481 e. The van der Waals surface area contributed by atoms with E-state index < -0.39 is 6.10 Å². The highest BCUT2D eigenvalue weighted by Crippen LogP contribution is 2.22. The van der Waals surface area contributed by atoms with Gasteiger partial charge in [-0.25, -0.2) is 0 Å². The van der Waals surface area contributed by atoms with Crippen molar-refractivity contribution in [2.45, 2.75) is 45.9 Å². The van der Waals surface area contributed by atoms with Gasteiger partial charge in [0.2, 0.25) is 5.91 Å². The first-order valence-corrected chi connectivity index (χ1v) is 9.86. The van der Waals surface area contributed by atoms with Gasteiger partial charge in [0.1, 0.15) is 5.75 Å². The van der Waals surface area contributed by atoms with Crippen LogP contribution in [0.1, 0.15) is 36.5 Å². The first kappa shape index (κ1) is 20.2. The molecule has 1 heterocycles. The number of benzene rings is 2. The van der Waals surface area contributed by atoms with Gasteiger partial charge in [0, 0.05) is 31.1 Å². The Kier molecular flexibility index (Phi) is 6.57. The summed E-state index contributed by atoms with van der Waals surface area (Å²) in [6.45, 7) is 5.46. The zero-order valence-corrected chi connectivity index (χ0v) is 17.0. The van der Waals surface area contributed by atoms with Crippen molar-refractivity contribution in [2.75, 3.05) is 6.54 Å². The second kappa shape index (κ2) is 9.11. The van der Waals surface area contributed by atoms with Crippen molar-refractivity contribution in [1.82, 2.24) is 10.2 Å². The second-order valence-electron chi connectivity index (χ2n) is 7.13. The van der Waals surface area contributed by atoms with Crippen LogP contribution in [0.15, 0.2) is 42.5 Å². The van der Waals surface area contributed by atoms with Gasteiger partial charge in [0.15, 0.2) is 6.10 Å². The van der Waals surface area contributed by atoms with Crippen LogP contribution in [0.3, 0.4) is 0 Å². The zero-order valence-electron chi connectivity index (χ0n) is 16.2. The first-order valence-electron chi connectivity index (χ1n) is 9.48. The van der Waals surface area contributed by atoms with E-state index in [9.17, 15) is 9.59 Å². The summed E-state index contributed by atoms with van der Waals surface area (Å²) in [4.78, 5) is 26.0. The van der Waals surface area contributed by atoms with Gasteiger partial charge >= 0.3 is 0 Å². The Morgan fingerprint density at radius 1 is 1.25 bits per heavy atom. The number of hydrogen-bond acceptors (Lipinski definition) is 3. The van der Waals surface area contributed by atoms with E-state index in [-0.39, 0.29) is 11.8 Å². The third-order valence-corrected chi connectivity index (χ3v) is 5.24. The highest BCUT2D eigenvalue weighted by Gasteiger charge is 2.20. The quantitative estimate of drug-likeness (QED) is 0.767. The van der Waals surface area contributed by atoms with Crippen molar-refractivity contribution in [2.24, 2.45) is 0 Å². The minimum atomic E-state index is -0.619. The van der Waals surface area contributed by atoms with Crippen LogP contribution in [0.2, 0.25) is 5.02 Å². The molecule has 6 heteroatoms. The summed E-state index contributed by atoms with van der Waals surface area (Å²) in [6, 6.07) is 13.3. The maximum absolute atomic E-state index is 12.4. The van der Waals surface area contributed by atoms with Crippen molar-refractivity contribution in [3.05, 3.63) is 64.2 Å². The smallest absolute Gasteiger partial charge is 0.261 e. The highest BCUT2D eigenvalue weighted by atomic mass is 35.5. The monoisotopic (exact) mass is 400 g/mol. The van der Waals surface area contributed by atoms with Crippen molar-refractivity contribution < 1.29 is 14.3 Å². The molecule has 2 aromatic rings. The van der Waals surface area contributed by atoms with E-state index in [0.717, 1.165) is 29.7 Å². The summed E-state index contributed by atoms with van der Waals surface area (Å²) < 4.78 is 5.71.